The van der Waals surface area contributed by atoms with Gasteiger partial charge in [0, 0.05) is 18.5 Å². The summed E-state index contributed by atoms with van der Waals surface area (Å²) in [6.07, 6.45) is 0.421. The fourth-order valence-electron chi connectivity index (χ4n) is 3.35. The van der Waals surface area contributed by atoms with Gasteiger partial charge in [-0.05, 0) is 66.4 Å². The maximum atomic E-state index is 13.8. The molecule has 6 N–H and O–H groups in total. The number of aromatic hydroxyl groups is 4. The molecule has 0 bridgehead atoms. The van der Waals surface area contributed by atoms with E-state index in [2.05, 4.69) is 10.6 Å². The molecule has 3 rings (SSSR count). The van der Waals surface area contributed by atoms with E-state index in [1.807, 2.05) is 0 Å². The summed E-state index contributed by atoms with van der Waals surface area (Å²) in [5, 5.41) is 43.4. The van der Waals surface area contributed by atoms with E-state index in [-0.39, 0.29) is 24.3 Å². The Morgan fingerprint density at radius 1 is 0.853 bits per heavy atom. The van der Waals surface area contributed by atoms with Crippen molar-refractivity contribution in [2.24, 2.45) is 0 Å². The summed E-state index contributed by atoms with van der Waals surface area (Å²) < 4.78 is 13.8. The quantitative estimate of drug-likeness (QED) is 0.281. The lowest BCUT2D eigenvalue weighted by atomic mass is 10.0. The number of hydrogen-bond acceptors (Lipinski definition) is 6. The van der Waals surface area contributed by atoms with Crippen molar-refractivity contribution < 1.29 is 34.4 Å². The molecule has 3 aromatic carbocycles. The molecule has 0 aliphatic carbocycles. The molecule has 0 aromatic heterocycles. The summed E-state index contributed by atoms with van der Waals surface area (Å²) in [5.41, 5.74) is 2.00. The predicted molar refractivity (Wildman–Crippen MR) is 122 cm³/mol. The van der Waals surface area contributed by atoms with Crippen molar-refractivity contribution in [2.45, 2.75) is 25.8 Å². The predicted octanol–water partition coefficient (Wildman–Crippen LogP) is 2.66. The molecule has 0 radical (unpaired) electrons. The number of phenolic OH excluding ortho intramolecular Hbond substituents is 4. The third-order valence-electron chi connectivity index (χ3n) is 5.29. The summed E-state index contributed by atoms with van der Waals surface area (Å²) in [6.45, 7) is 2.01. The van der Waals surface area contributed by atoms with Gasteiger partial charge in [0.15, 0.2) is 23.1 Å². The molecule has 0 saturated heterocycles. The van der Waals surface area contributed by atoms with Gasteiger partial charge < -0.3 is 31.1 Å². The maximum Gasteiger partial charge on any atom is 0.252 e. The van der Waals surface area contributed by atoms with Gasteiger partial charge in [0.25, 0.3) is 5.91 Å². The lowest BCUT2D eigenvalue weighted by Gasteiger charge is -2.19. The topological polar surface area (TPSA) is 139 Å². The molecule has 2 amide bonds. The van der Waals surface area contributed by atoms with Crippen molar-refractivity contribution in [3.8, 4) is 23.0 Å². The first-order valence-corrected chi connectivity index (χ1v) is 10.5. The summed E-state index contributed by atoms with van der Waals surface area (Å²) in [6, 6.07) is 11.2. The van der Waals surface area contributed by atoms with Crippen molar-refractivity contribution in [3.05, 3.63) is 82.7 Å². The van der Waals surface area contributed by atoms with Crippen molar-refractivity contribution >= 4 is 11.8 Å². The van der Waals surface area contributed by atoms with Gasteiger partial charge in [-0.1, -0.05) is 18.2 Å². The monoisotopic (exact) mass is 468 g/mol. The van der Waals surface area contributed by atoms with Crippen LogP contribution in [0.1, 0.15) is 27.0 Å². The van der Waals surface area contributed by atoms with Crippen LogP contribution in [0.25, 0.3) is 0 Å². The standard InChI is InChI=1S/C25H25FN2O6/c1-14-10-15(2-5-20(14)29)8-9-27-25(34)19(12-16-3-6-21(30)18(26)11-16)28-24(33)17-4-7-22(31)23(32)13-17/h2-7,10-11,13,19,29-32H,8-9,12H2,1H3,(H,27,34)(H,28,33). The number of phenols is 4. The fraction of sp³-hybridized carbons (Fsp3) is 0.200. The molecular weight excluding hydrogens is 443 g/mol. The summed E-state index contributed by atoms with van der Waals surface area (Å²) in [5.74, 6) is -3.28. The Hall–Kier alpha value is -4.27. The van der Waals surface area contributed by atoms with Gasteiger partial charge in [-0.2, -0.15) is 0 Å². The lowest BCUT2D eigenvalue weighted by molar-refractivity contribution is -0.122. The van der Waals surface area contributed by atoms with Crippen molar-refractivity contribution in [3.63, 3.8) is 0 Å². The van der Waals surface area contributed by atoms with Gasteiger partial charge in [0.1, 0.15) is 11.8 Å². The number of amides is 2. The van der Waals surface area contributed by atoms with Crippen LogP contribution in [0.15, 0.2) is 54.6 Å². The summed E-state index contributed by atoms with van der Waals surface area (Å²) in [4.78, 5) is 25.6. The van der Waals surface area contributed by atoms with Crippen molar-refractivity contribution in [1.82, 2.24) is 10.6 Å². The molecular formula is C25H25FN2O6. The van der Waals surface area contributed by atoms with E-state index >= 15 is 0 Å². The fourth-order valence-corrected chi connectivity index (χ4v) is 3.35. The number of hydrogen-bond donors (Lipinski definition) is 6. The molecule has 0 aliphatic rings. The van der Waals surface area contributed by atoms with Crippen LogP contribution in [0.3, 0.4) is 0 Å². The molecule has 0 spiro atoms. The van der Waals surface area contributed by atoms with Crippen molar-refractivity contribution in [1.29, 1.82) is 0 Å². The molecule has 9 heteroatoms. The SMILES string of the molecule is Cc1cc(CCNC(=O)C(Cc2ccc(O)c(F)c2)NC(=O)c2ccc(O)c(O)c2)ccc1O. The van der Waals surface area contributed by atoms with Gasteiger partial charge in [-0.3, -0.25) is 9.59 Å². The van der Waals surface area contributed by atoms with E-state index in [1.165, 1.54) is 12.1 Å². The average molecular weight is 468 g/mol. The normalized spacial score (nSPS) is 11.6. The number of carbonyl (C=O) groups is 2. The van der Waals surface area contributed by atoms with Crippen LogP contribution in [0.5, 0.6) is 23.0 Å². The Morgan fingerprint density at radius 2 is 1.53 bits per heavy atom. The zero-order chi connectivity index (χ0) is 24.8. The van der Waals surface area contributed by atoms with E-state index < -0.39 is 40.9 Å². The lowest BCUT2D eigenvalue weighted by Crippen LogP contribution is -2.48. The van der Waals surface area contributed by atoms with Crippen LogP contribution in [-0.4, -0.2) is 44.8 Å². The third kappa shape index (κ3) is 6.16. The first kappa shape index (κ1) is 24.4. The van der Waals surface area contributed by atoms with E-state index in [0.717, 1.165) is 29.8 Å². The molecule has 0 heterocycles. The molecule has 0 aliphatic heterocycles. The van der Waals surface area contributed by atoms with Crippen LogP contribution in [0, 0.1) is 12.7 Å². The molecule has 178 valence electrons. The second kappa shape index (κ2) is 10.6. The molecule has 0 saturated carbocycles. The number of halogens is 1. The maximum absolute atomic E-state index is 13.8. The minimum atomic E-state index is -1.09. The largest absolute Gasteiger partial charge is 0.508 e. The molecule has 1 atom stereocenters. The smallest absolute Gasteiger partial charge is 0.252 e. The highest BCUT2D eigenvalue weighted by Gasteiger charge is 2.23. The second-order valence-corrected chi connectivity index (χ2v) is 7.88. The summed E-state index contributed by atoms with van der Waals surface area (Å²) >= 11 is 0. The molecule has 1 unspecified atom stereocenters. The average Bonchev–Trinajstić information content (AvgIpc) is 2.79. The Bertz CT molecular complexity index is 1210. The highest BCUT2D eigenvalue weighted by atomic mass is 19.1. The van der Waals surface area contributed by atoms with Crippen LogP contribution in [0.4, 0.5) is 4.39 Å². The zero-order valence-corrected chi connectivity index (χ0v) is 18.4. The number of aryl methyl sites for hydroxylation is 1. The first-order valence-electron chi connectivity index (χ1n) is 10.5. The number of rotatable bonds is 8. The summed E-state index contributed by atoms with van der Waals surface area (Å²) in [7, 11) is 0. The molecule has 3 aromatic rings. The van der Waals surface area contributed by atoms with Gasteiger partial charge in [0.05, 0.1) is 0 Å². The Kier molecular flexibility index (Phi) is 7.57. The van der Waals surface area contributed by atoms with Gasteiger partial charge in [-0.15, -0.1) is 0 Å². The van der Waals surface area contributed by atoms with Gasteiger partial charge >= 0.3 is 0 Å². The van der Waals surface area contributed by atoms with Crippen LogP contribution in [0.2, 0.25) is 0 Å². The second-order valence-electron chi connectivity index (χ2n) is 7.88. The highest BCUT2D eigenvalue weighted by Crippen LogP contribution is 2.25. The van der Waals surface area contributed by atoms with E-state index in [0.29, 0.717) is 17.5 Å². The van der Waals surface area contributed by atoms with Crippen LogP contribution in [-0.2, 0) is 17.6 Å². The van der Waals surface area contributed by atoms with Crippen LogP contribution >= 0.6 is 0 Å². The first-order chi connectivity index (χ1) is 16.1. The third-order valence-corrected chi connectivity index (χ3v) is 5.29. The highest BCUT2D eigenvalue weighted by molar-refractivity contribution is 5.98. The Labute approximate surface area is 195 Å². The Balaban J connectivity index is 1.73. The van der Waals surface area contributed by atoms with Crippen molar-refractivity contribution in [2.75, 3.05) is 6.54 Å². The van der Waals surface area contributed by atoms with Gasteiger partial charge in [-0.25, -0.2) is 4.39 Å². The van der Waals surface area contributed by atoms with E-state index in [9.17, 15) is 34.4 Å². The van der Waals surface area contributed by atoms with Crippen LogP contribution < -0.4 is 10.6 Å². The van der Waals surface area contributed by atoms with E-state index in [4.69, 9.17) is 0 Å². The molecule has 8 nitrogen and oxygen atoms in total. The minimum absolute atomic E-state index is 0.0181. The number of benzene rings is 3. The zero-order valence-electron chi connectivity index (χ0n) is 18.4. The number of nitrogens with one attached hydrogen (secondary N) is 2. The molecule has 0 fully saturated rings. The number of carbonyl (C=O) groups excluding carboxylic acids is 2. The molecule has 34 heavy (non-hydrogen) atoms. The van der Waals surface area contributed by atoms with Gasteiger partial charge in [0.2, 0.25) is 5.91 Å². The van der Waals surface area contributed by atoms with E-state index in [1.54, 1.807) is 25.1 Å². The minimum Gasteiger partial charge on any atom is -0.508 e. The Morgan fingerprint density at radius 3 is 2.21 bits per heavy atom.